The summed E-state index contributed by atoms with van der Waals surface area (Å²) in [7, 11) is 0. The van der Waals surface area contributed by atoms with Crippen LogP contribution < -0.4 is 22.5 Å². The Labute approximate surface area is 120 Å². The zero-order chi connectivity index (χ0) is 13.0. The van der Waals surface area contributed by atoms with Gasteiger partial charge in [-0.15, -0.1) is 0 Å². The summed E-state index contributed by atoms with van der Waals surface area (Å²) < 4.78 is 5.70. The van der Waals surface area contributed by atoms with Crippen LogP contribution in [0.2, 0.25) is 0 Å². The van der Waals surface area contributed by atoms with Gasteiger partial charge in [-0.05, 0) is 25.3 Å². The molecule has 0 saturated heterocycles. The van der Waals surface area contributed by atoms with E-state index < -0.39 is 6.23 Å². The highest BCUT2D eigenvalue weighted by Gasteiger charge is 2.10. The van der Waals surface area contributed by atoms with Crippen LogP contribution in [0.15, 0.2) is 42.5 Å². The molecule has 0 radical (unpaired) electrons. The van der Waals surface area contributed by atoms with E-state index in [1.165, 1.54) is 0 Å². The van der Waals surface area contributed by atoms with Crippen molar-refractivity contribution in [3.8, 4) is 5.75 Å². The summed E-state index contributed by atoms with van der Waals surface area (Å²) >= 11 is 0. The lowest BCUT2D eigenvalue weighted by atomic mass is 10.1. The molecule has 2 rings (SSSR count). The smallest absolute Gasteiger partial charge is 0.222 e. The Kier molecular flexibility index (Phi) is 6.09. The normalized spacial score (nSPS) is 12.2. The van der Waals surface area contributed by atoms with Crippen LogP contribution in [-0.4, -0.2) is 24.0 Å². The number of aliphatic hydroxyl groups excluding tert-OH is 1. The van der Waals surface area contributed by atoms with E-state index in [1.807, 2.05) is 49.5 Å². The zero-order valence-corrected chi connectivity index (χ0v) is 12.0. The molecular formula is C15H20ClNO2. The van der Waals surface area contributed by atoms with Crippen LogP contribution >= 0.6 is 0 Å². The summed E-state index contributed by atoms with van der Waals surface area (Å²) in [6, 6.07) is 14.4. The number of fused-ring (bicyclic) bond motifs is 1. The molecule has 0 aliphatic carbocycles. The van der Waals surface area contributed by atoms with Gasteiger partial charge in [0.25, 0.3) is 0 Å². The summed E-state index contributed by atoms with van der Waals surface area (Å²) in [6.07, 6.45) is -0.524. The minimum atomic E-state index is -0.524. The Hall–Kier alpha value is -1.29. The fourth-order valence-electron chi connectivity index (χ4n) is 2.00. The number of ether oxygens (including phenoxy) is 1. The number of aliphatic hydroxyl groups is 1. The standard InChI is InChI=1S/C15H19NO2.ClH/c1-11(2)16-15(17)10-18-14-9-5-7-12-6-3-4-8-13(12)14;/h3-9,11,15-17H,10H2,1-2H3;1H. The van der Waals surface area contributed by atoms with E-state index in [2.05, 4.69) is 12.1 Å². The number of quaternary nitrogens is 1. The van der Waals surface area contributed by atoms with Gasteiger partial charge in [-0.25, -0.2) is 0 Å². The average molecular weight is 282 g/mol. The Bertz CT molecular complexity index is 511. The first-order valence-electron chi connectivity index (χ1n) is 6.30. The van der Waals surface area contributed by atoms with Crippen LogP contribution in [0.3, 0.4) is 0 Å². The summed E-state index contributed by atoms with van der Waals surface area (Å²) in [6.45, 7) is 4.38. The van der Waals surface area contributed by atoms with Gasteiger partial charge < -0.3 is 27.6 Å². The predicted molar refractivity (Wildman–Crippen MR) is 72.5 cm³/mol. The summed E-state index contributed by atoms with van der Waals surface area (Å²) in [5.41, 5.74) is 0. The third-order valence-electron chi connectivity index (χ3n) is 2.77. The zero-order valence-electron chi connectivity index (χ0n) is 11.2. The van der Waals surface area contributed by atoms with Gasteiger partial charge in [-0.1, -0.05) is 36.4 Å². The molecule has 19 heavy (non-hydrogen) atoms. The molecule has 4 heteroatoms. The second-order valence-electron chi connectivity index (χ2n) is 4.79. The molecule has 3 N–H and O–H groups in total. The highest BCUT2D eigenvalue weighted by molar-refractivity contribution is 5.88. The molecular weight excluding hydrogens is 262 g/mol. The van der Waals surface area contributed by atoms with Crippen molar-refractivity contribution in [2.75, 3.05) is 6.61 Å². The Balaban J connectivity index is 0.00000180. The van der Waals surface area contributed by atoms with Gasteiger partial charge in [-0.3, -0.25) is 0 Å². The number of rotatable bonds is 5. The first kappa shape index (κ1) is 15.8. The van der Waals surface area contributed by atoms with Gasteiger partial charge in [-0.2, -0.15) is 0 Å². The van der Waals surface area contributed by atoms with Gasteiger partial charge in [0.2, 0.25) is 6.23 Å². The van der Waals surface area contributed by atoms with Crippen LogP contribution in [0.5, 0.6) is 5.75 Å². The maximum Gasteiger partial charge on any atom is 0.222 e. The van der Waals surface area contributed by atoms with Gasteiger partial charge in [0, 0.05) is 5.39 Å². The van der Waals surface area contributed by atoms with Crippen LogP contribution in [0.25, 0.3) is 10.8 Å². The van der Waals surface area contributed by atoms with Gasteiger partial charge >= 0.3 is 0 Å². The second-order valence-corrected chi connectivity index (χ2v) is 4.79. The molecule has 104 valence electrons. The lowest BCUT2D eigenvalue weighted by Gasteiger charge is -2.14. The quantitative estimate of drug-likeness (QED) is 0.656. The van der Waals surface area contributed by atoms with E-state index >= 15 is 0 Å². The molecule has 1 unspecified atom stereocenters. The van der Waals surface area contributed by atoms with Crippen molar-refractivity contribution in [1.82, 2.24) is 0 Å². The summed E-state index contributed by atoms with van der Waals surface area (Å²) in [5.74, 6) is 0.823. The van der Waals surface area contributed by atoms with E-state index in [1.54, 1.807) is 0 Å². The molecule has 0 amide bonds. The van der Waals surface area contributed by atoms with Gasteiger partial charge in [0.15, 0.2) is 6.61 Å². The van der Waals surface area contributed by atoms with Crippen molar-refractivity contribution in [1.29, 1.82) is 0 Å². The van der Waals surface area contributed by atoms with E-state index in [0.29, 0.717) is 12.6 Å². The molecule has 0 heterocycles. The molecule has 3 nitrogen and oxygen atoms in total. The maximum absolute atomic E-state index is 9.77. The first-order chi connectivity index (χ1) is 8.66. The van der Waals surface area contributed by atoms with Crippen LogP contribution in [0, 0.1) is 0 Å². The Morgan fingerprint density at radius 1 is 1.11 bits per heavy atom. The number of benzene rings is 2. The third-order valence-corrected chi connectivity index (χ3v) is 2.77. The van der Waals surface area contributed by atoms with Crippen LogP contribution in [0.1, 0.15) is 13.8 Å². The maximum atomic E-state index is 9.77. The summed E-state index contributed by atoms with van der Waals surface area (Å²) in [4.78, 5) is 0. The molecule has 0 aliphatic heterocycles. The molecule has 0 aromatic heterocycles. The number of nitrogens with two attached hydrogens (primary N) is 1. The predicted octanol–water partition coefficient (Wildman–Crippen LogP) is -1.49. The Morgan fingerprint density at radius 2 is 1.79 bits per heavy atom. The van der Waals surface area contributed by atoms with Crippen molar-refractivity contribution in [3.63, 3.8) is 0 Å². The Morgan fingerprint density at radius 3 is 2.53 bits per heavy atom. The fourth-order valence-corrected chi connectivity index (χ4v) is 2.00. The highest BCUT2D eigenvalue weighted by Crippen LogP contribution is 2.24. The van der Waals surface area contributed by atoms with Gasteiger partial charge in [0.1, 0.15) is 5.75 Å². The van der Waals surface area contributed by atoms with E-state index in [4.69, 9.17) is 4.74 Å². The monoisotopic (exact) mass is 281 g/mol. The number of hydrogen-bond donors (Lipinski definition) is 2. The average Bonchev–Trinajstić information content (AvgIpc) is 2.35. The van der Waals surface area contributed by atoms with E-state index in [-0.39, 0.29) is 12.4 Å². The van der Waals surface area contributed by atoms with E-state index in [9.17, 15) is 5.11 Å². The van der Waals surface area contributed by atoms with Crippen molar-refractivity contribution >= 4 is 10.8 Å². The van der Waals surface area contributed by atoms with Gasteiger partial charge in [0.05, 0.1) is 6.04 Å². The lowest BCUT2D eigenvalue weighted by Crippen LogP contribution is -3.00. The molecule has 0 aliphatic rings. The molecule has 1 atom stereocenters. The third kappa shape index (κ3) is 4.39. The number of halogens is 1. The fraction of sp³-hybridized carbons (Fsp3) is 0.333. The molecule has 2 aromatic carbocycles. The highest BCUT2D eigenvalue weighted by atomic mass is 35.5. The molecule has 0 spiro atoms. The minimum Gasteiger partial charge on any atom is -1.00 e. The minimum absolute atomic E-state index is 0. The first-order valence-corrected chi connectivity index (χ1v) is 6.30. The van der Waals surface area contributed by atoms with E-state index in [0.717, 1.165) is 16.5 Å². The molecule has 0 saturated carbocycles. The summed E-state index contributed by atoms with van der Waals surface area (Å²) in [5, 5.41) is 13.9. The molecule has 0 bridgehead atoms. The number of hydrogen-bond acceptors (Lipinski definition) is 2. The topological polar surface area (TPSA) is 46.1 Å². The SMILES string of the molecule is CC(C)[NH2+]C(O)COc1cccc2ccccc12.[Cl-]. The van der Waals surface area contributed by atoms with Crippen molar-refractivity contribution in [2.24, 2.45) is 0 Å². The lowest BCUT2D eigenvalue weighted by molar-refractivity contribution is -0.748. The largest absolute Gasteiger partial charge is 1.00 e. The van der Waals surface area contributed by atoms with Crippen molar-refractivity contribution in [3.05, 3.63) is 42.5 Å². The molecule has 2 aromatic rings. The van der Waals surface area contributed by atoms with Crippen molar-refractivity contribution < 1.29 is 27.6 Å². The second kappa shape index (κ2) is 7.34. The molecule has 0 fully saturated rings. The van der Waals surface area contributed by atoms with Crippen molar-refractivity contribution in [2.45, 2.75) is 26.1 Å². The van der Waals surface area contributed by atoms with Crippen LogP contribution in [-0.2, 0) is 0 Å². The van der Waals surface area contributed by atoms with Crippen LogP contribution in [0.4, 0.5) is 0 Å².